The van der Waals surface area contributed by atoms with Gasteiger partial charge in [0, 0.05) is 0 Å². The van der Waals surface area contributed by atoms with E-state index < -0.39 is 0 Å². The number of benzene rings is 1. The van der Waals surface area contributed by atoms with Crippen LogP contribution >= 0.6 is 0 Å². The largest absolute Gasteiger partial charge is 0.496 e. The highest BCUT2D eigenvalue weighted by Gasteiger charge is 1.97. The van der Waals surface area contributed by atoms with Crippen LogP contribution in [0.25, 0.3) is 0 Å². The van der Waals surface area contributed by atoms with Crippen LogP contribution in [-0.2, 0) is 6.42 Å². The summed E-state index contributed by atoms with van der Waals surface area (Å²) >= 11 is 0. The molecule has 1 aromatic carbocycles. The smallest absolute Gasteiger partial charge is 0.121 e. The third-order valence-electron chi connectivity index (χ3n) is 2.05. The van der Waals surface area contributed by atoms with Gasteiger partial charge in [-0.15, -0.1) is 0 Å². The molecule has 1 nitrogen and oxygen atoms in total. The van der Waals surface area contributed by atoms with Gasteiger partial charge < -0.3 is 4.74 Å². The zero-order valence-corrected chi connectivity index (χ0v) is 8.50. The molecule has 0 saturated carbocycles. The van der Waals surface area contributed by atoms with Crippen LogP contribution in [0.4, 0.5) is 0 Å². The minimum Gasteiger partial charge on any atom is -0.496 e. The SMILES string of the molecule is CC=CCc1ccc(OC)c(C)c1. The van der Waals surface area contributed by atoms with Crippen molar-refractivity contribution in [3.8, 4) is 5.75 Å². The van der Waals surface area contributed by atoms with Gasteiger partial charge in [0.2, 0.25) is 0 Å². The molecule has 1 aromatic rings. The molecule has 0 spiro atoms. The zero-order valence-electron chi connectivity index (χ0n) is 8.50. The maximum absolute atomic E-state index is 5.19. The Hall–Kier alpha value is -1.24. The van der Waals surface area contributed by atoms with Gasteiger partial charge in [-0.3, -0.25) is 0 Å². The van der Waals surface area contributed by atoms with E-state index >= 15 is 0 Å². The van der Waals surface area contributed by atoms with Crippen LogP contribution < -0.4 is 4.74 Å². The predicted molar refractivity (Wildman–Crippen MR) is 56.2 cm³/mol. The zero-order chi connectivity index (χ0) is 9.68. The van der Waals surface area contributed by atoms with Gasteiger partial charge in [-0.05, 0) is 37.5 Å². The Balaban J connectivity index is 2.83. The van der Waals surface area contributed by atoms with Crippen LogP contribution in [-0.4, -0.2) is 7.11 Å². The van der Waals surface area contributed by atoms with Gasteiger partial charge in [-0.2, -0.15) is 0 Å². The minimum absolute atomic E-state index is 0.962. The van der Waals surface area contributed by atoms with Gasteiger partial charge in [0.15, 0.2) is 0 Å². The number of rotatable bonds is 3. The van der Waals surface area contributed by atoms with E-state index in [9.17, 15) is 0 Å². The van der Waals surface area contributed by atoms with Gasteiger partial charge in [-0.1, -0.05) is 24.3 Å². The van der Waals surface area contributed by atoms with Crippen LogP contribution in [0.15, 0.2) is 30.4 Å². The van der Waals surface area contributed by atoms with Gasteiger partial charge in [0.25, 0.3) is 0 Å². The monoisotopic (exact) mass is 176 g/mol. The molecular weight excluding hydrogens is 160 g/mol. The molecule has 0 aliphatic carbocycles. The van der Waals surface area contributed by atoms with Crippen molar-refractivity contribution in [2.45, 2.75) is 20.3 Å². The summed E-state index contributed by atoms with van der Waals surface area (Å²) in [7, 11) is 1.70. The fourth-order valence-electron chi connectivity index (χ4n) is 1.32. The summed E-state index contributed by atoms with van der Waals surface area (Å²) in [6.07, 6.45) is 5.22. The lowest BCUT2D eigenvalue weighted by Gasteiger charge is -2.05. The third kappa shape index (κ3) is 2.62. The Morgan fingerprint density at radius 1 is 1.38 bits per heavy atom. The highest BCUT2D eigenvalue weighted by molar-refractivity contribution is 5.36. The molecule has 1 rings (SSSR count). The normalized spacial score (nSPS) is 10.7. The summed E-state index contributed by atoms with van der Waals surface area (Å²) in [6.45, 7) is 4.11. The highest BCUT2D eigenvalue weighted by Crippen LogP contribution is 2.18. The highest BCUT2D eigenvalue weighted by atomic mass is 16.5. The average molecular weight is 176 g/mol. The van der Waals surface area contributed by atoms with Crippen molar-refractivity contribution in [3.63, 3.8) is 0 Å². The molecule has 0 amide bonds. The second-order valence-corrected chi connectivity index (χ2v) is 3.08. The number of ether oxygens (including phenoxy) is 1. The van der Waals surface area contributed by atoms with Gasteiger partial charge in [-0.25, -0.2) is 0 Å². The maximum Gasteiger partial charge on any atom is 0.121 e. The van der Waals surface area contributed by atoms with Crippen LogP contribution in [0.3, 0.4) is 0 Å². The summed E-state index contributed by atoms with van der Waals surface area (Å²) in [4.78, 5) is 0. The molecule has 0 fully saturated rings. The third-order valence-corrected chi connectivity index (χ3v) is 2.05. The first kappa shape index (κ1) is 9.85. The van der Waals surface area contributed by atoms with Gasteiger partial charge in [0.1, 0.15) is 5.75 Å². The average Bonchev–Trinajstić information content (AvgIpc) is 2.15. The lowest BCUT2D eigenvalue weighted by atomic mass is 10.1. The molecule has 13 heavy (non-hydrogen) atoms. The standard InChI is InChI=1S/C12H16O/c1-4-5-6-11-7-8-12(13-3)10(2)9-11/h4-5,7-9H,6H2,1-3H3. The topological polar surface area (TPSA) is 9.23 Å². The number of allylic oxidation sites excluding steroid dienone is 2. The molecule has 0 N–H and O–H groups in total. The molecule has 0 aliphatic rings. The van der Waals surface area contributed by atoms with E-state index in [2.05, 4.69) is 31.2 Å². The number of methoxy groups -OCH3 is 1. The van der Waals surface area contributed by atoms with E-state index in [1.54, 1.807) is 7.11 Å². The Kier molecular flexibility index (Phi) is 3.56. The molecule has 0 bridgehead atoms. The van der Waals surface area contributed by atoms with Crippen LogP contribution in [0.1, 0.15) is 18.1 Å². The summed E-state index contributed by atoms with van der Waals surface area (Å²) in [5, 5.41) is 0. The first-order valence-electron chi connectivity index (χ1n) is 4.52. The number of hydrogen-bond donors (Lipinski definition) is 0. The van der Waals surface area contributed by atoms with Crippen LogP contribution in [0.2, 0.25) is 0 Å². The molecule has 0 unspecified atom stereocenters. The number of aryl methyl sites for hydroxylation is 1. The van der Waals surface area contributed by atoms with Crippen molar-refractivity contribution in [2.75, 3.05) is 7.11 Å². The van der Waals surface area contributed by atoms with Crippen LogP contribution in [0.5, 0.6) is 5.75 Å². The Morgan fingerprint density at radius 2 is 2.15 bits per heavy atom. The summed E-state index contributed by atoms with van der Waals surface area (Å²) < 4.78 is 5.19. The Bertz CT molecular complexity index is 300. The quantitative estimate of drug-likeness (QED) is 0.643. The summed E-state index contributed by atoms with van der Waals surface area (Å²) in [5.41, 5.74) is 2.53. The molecule has 0 aromatic heterocycles. The molecule has 0 aliphatic heterocycles. The Labute approximate surface area is 80.0 Å². The Morgan fingerprint density at radius 3 is 2.69 bits per heavy atom. The lowest BCUT2D eigenvalue weighted by molar-refractivity contribution is 0.411. The van der Waals surface area contributed by atoms with E-state index in [1.165, 1.54) is 11.1 Å². The second-order valence-electron chi connectivity index (χ2n) is 3.08. The number of hydrogen-bond acceptors (Lipinski definition) is 1. The van der Waals surface area contributed by atoms with Gasteiger partial charge in [0.05, 0.1) is 7.11 Å². The predicted octanol–water partition coefficient (Wildman–Crippen LogP) is 3.12. The van der Waals surface area contributed by atoms with E-state index in [1.807, 2.05) is 13.0 Å². The van der Waals surface area contributed by atoms with E-state index in [0.29, 0.717) is 0 Å². The van der Waals surface area contributed by atoms with Crippen molar-refractivity contribution in [1.82, 2.24) is 0 Å². The molecule has 1 heteroatoms. The summed E-state index contributed by atoms with van der Waals surface area (Å²) in [6, 6.07) is 6.29. The van der Waals surface area contributed by atoms with E-state index in [0.717, 1.165) is 12.2 Å². The van der Waals surface area contributed by atoms with E-state index in [-0.39, 0.29) is 0 Å². The van der Waals surface area contributed by atoms with Crippen molar-refractivity contribution in [3.05, 3.63) is 41.5 Å². The molecule has 0 atom stereocenters. The fraction of sp³-hybridized carbons (Fsp3) is 0.333. The van der Waals surface area contributed by atoms with Crippen molar-refractivity contribution >= 4 is 0 Å². The molecule has 0 radical (unpaired) electrons. The van der Waals surface area contributed by atoms with E-state index in [4.69, 9.17) is 4.74 Å². The van der Waals surface area contributed by atoms with Crippen molar-refractivity contribution in [1.29, 1.82) is 0 Å². The first-order valence-corrected chi connectivity index (χ1v) is 4.52. The first-order chi connectivity index (χ1) is 6.27. The van der Waals surface area contributed by atoms with Crippen molar-refractivity contribution < 1.29 is 4.74 Å². The van der Waals surface area contributed by atoms with Gasteiger partial charge >= 0.3 is 0 Å². The van der Waals surface area contributed by atoms with Crippen molar-refractivity contribution in [2.24, 2.45) is 0 Å². The fourth-order valence-corrected chi connectivity index (χ4v) is 1.32. The molecule has 0 heterocycles. The second kappa shape index (κ2) is 4.70. The summed E-state index contributed by atoms with van der Waals surface area (Å²) in [5.74, 6) is 0.962. The van der Waals surface area contributed by atoms with Crippen LogP contribution in [0, 0.1) is 6.92 Å². The molecule has 0 saturated heterocycles. The lowest BCUT2D eigenvalue weighted by Crippen LogP contribution is -1.89. The maximum atomic E-state index is 5.19. The minimum atomic E-state index is 0.962. The molecule has 70 valence electrons. The molecular formula is C12H16O.